The molecule has 0 aromatic heterocycles. The number of ether oxygens (including phenoxy) is 2. The summed E-state index contributed by atoms with van der Waals surface area (Å²) in [5.41, 5.74) is 0. The number of carbonyl (C=O) groups excluding carboxylic acids is 1. The van der Waals surface area contributed by atoms with Crippen LogP contribution in [0.15, 0.2) is 0 Å². The third-order valence-corrected chi connectivity index (χ3v) is 2.66. The van der Waals surface area contributed by atoms with Crippen molar-refractivity contribution in [3.63, 3.8) is 0 Å². The van der Waals surface area contributed by atoms with E-state index in [4.69, 9.17) is 9.47 Å². The van der Waals surface area contributed by atoms with Crippen LogP contribution in [0.2, 0.25) is 0 Å². The molecule has 0 N–H and O–H groups in total. The van der Waals surface area contributed by atoms with Gasteiger partial charge in [0.15, 0.2) is 0 Å². The zero-order valence-corrected chi connectivity index (χ0v) is 11.5. The van der Waals surface area contributed by atoms with E-state index in [1.165, 1.54) is 25.7 Å². The first-order valence-corrected chi connectivity index (χ1v) is 6.53. The van der Waals surface area contributed by atoms with Crippen molar-refractivity contribution in [2.45, 2.75) is 51.9 Å². The van der Waals surface area contributed by atoms with Crippen molar-refractivity contribution in [1.82, 2.24) is 4.90 Å². The predicted molar refractivity (Wildman–Crippen MR) is 68.6 cm³/mol. The first kappa shape index (κ1) is 16.4. The van der Waals surface area contributed by atoms with Gasteiger partial charge in [-0.3, -0.25) is 4.79 Å². The van der Waals surface area contributed by atoms with Crippen molar-refractivity contribution in [3.8, 4) is 0 Å². The van der Waals surface area contributed by atoms with E-state index in [1.807, 2.05) is 0 Å². The Labute approximate surface area is 105 Å². The molecule has 0 aliphatic rings. The summed E-state index contributed by atoms with van der Waals surface area (Å²) in [6.07, 6.45) is 7.86. The molecular weight excluding hydrogens is 218 g/mol. The number of hydrogen-bond donors (Lipinski definition) is 0. The van der Waals surface area contributed by atoms with E-state index in [-0.39, 0.29) is 12.7 Å². The molecule has 0 rings (SSSR count). The van der Waals surface area contributed by atoms with E-state index in [9.17, 15) is 4.79 Å². The summed E-state index contributed by atoms with van der Waals surface area (Å²) in [5.74, 6) is 0.150. The molecule has 0 atom stereocenters. The molecule has 0 radical (unpaired) electrons. The SMILES string of the molecule is CCCCCCCCC(=O)N(C)COCOC. The molecular formula is C13H27NO3. The molecule has 0 bridgehead atoms. The maximum atomic E-state index is 11.6. The summed E-state index contributed by atoms with van der Waals surface area (Å²) >= 11 is 0. The predicted octanol–water partition coefficient (Wildman–Crippen LogP) is 2.77. The van der Waals surface area contributed by atoms with Gasteiger partial charge in [-0.2, -0.15) is 0 Å². The summed E-state index contributed by atoms with van der Waals surface area (Å²) < 4.78 is 9.86. The Morgan fingerprint density at radius 2 is 1.76 bits per heavy atom. The zero-order valence-electron chi connectivity index (χ0n) is 11.5. The fourth-order valence-corrected chi connectivity index (χ4v) is 1.58. The lowest BCUT2D eigenvalue weighted by Gasteiger charge is -2.16. The highest BCUT2D eigenvalue weighted by molar-refractivity contribution is 5.75. The van der Waals surface area contributed by atoms with Gasteiger partial charge in [-0.25, -0.2) is 0 Å². The van der Waals surface area contributed by atoms with Gasteiger partial charge in [0.1, 0.15) is 13.5 Å². The maximum absolute atomic E-state index is 11.6. The van der Waals surface area contributed by atoms with Crippen LogP contribution in [0.3, 0.4) is 0 Å². The lowest BCUT2D eigenvalue weighted by molar-refractivity contribution is -0.139. The van der Waals surface area contributed by atoms with Crippen LogP contribution in [-0.2, 0) is 14.3 Å². The summed E-state index contributed by atoms with van der Waals surface area (Å²) in [5, 5.41) is 0. The molecule has 0 saturated heterocycles. The molecule has 0 unspecified atom stereocenters. The van der Waals surface area contributed by atoms with Crippen LogP contribution in [-0.4, -0.2) is 38.5 Å². The second kappa shape index (κ2) is 11.9. The van der Waals surface area contributed by atoms with E-state index in [1.54, 1.807) is 19.1 Å². The van der Waals surface area contributed by atoms with Gasteiger partial charge in [-0.05, 0) is 6.42 Å². The van der Waals surface area contributed by atoms with Gasteiger partial charge in [0.2, 0.25) is 5.91 Å². The minimum Gasteiger partial charge on any atom is -0.359 e. The Kier molecular flexibility index (Phi) is 11.4. The molecule has 0 aliphatic carbocycles. The van der Waals surface area contributed by atoms with E-state index in [2.05, 4.69) is 6.92 Å². The quantitative estimate of drug-likeness (QED) is 0.415. The van der Waals surface area contributed by atoms with E-state index in [0.29, 0.717) is 13.2 Å². The highest BCUT2D eigenvalue weighted by Crippen LogP contribution is 2.07. The third kappa shape index (κ3) is 10.3. The summed E-state index contributed by atoms with van der Waals surface area (Å²) in [4.78, 5) is 13.2. The number of unbranched alkanes of at least 4 members (excludes halogenated alkanes) is 5. The number of rotatable bonds is 11. The monoisotopic (exact) mass is 245 g/mol. The Balaban J connectivity index is 3.37. The minimum atomic E-state index is 0.150. The highest BCUT2D eigenvalue weighted by atomic mass is 16.7. The lowest BCUT2D eigenvalue weighted by atomic mass is 10.1. The standard InChI is InChI=1S/C13H27NO3/c1-4-5-6-7-8-9-10-13(15)14(2)11-17-12-16-3/h4-12H2,1-3H3. The third-order valence-electron chi connectivity index (χ3n) is 2.66. The topological polar surface area (TPSA) is 38.8 Å². The maximum Gasteiger partial charge on any atom is 0.224 e. The van der Waals surface area contributed by atoms with Crippen LogP contribution < -0.4 is 0 Å². The highest BCUT2D eigenvalue weighted by Gasteiger charge is 2.07. The van der Waals surface area contributed by atoms with Crippen molar-refractivity contribution in [2.75, 3.05) is 27.7 Å². The Hall–Kier alpha value is -0.610. The molecule has 0 aliphatic heterocycles. The van der Waals surface area contributed by atoms with E-state index >= 15 is 0 Å². The average molecular weight is 245 g/mol. The summed E-state index contributed by atoms with van der Waals surface area (Å²) in [6, 6.07) is 0. The summed E-state index contributed by atoms with van der Waals surface area (Å²) in [6.45, 7) is 2.75. The largest absolute Gasteiger partial charge is 0.359 e. The van der Waals surface area contributed by atoms with Gasteiger partial charge in [0.25, 0.3) is 0 Å². The smallest absolute Gasteiger partial charge is 0.224 e. The molecule has 17 heavy (non-hydrogen) atoms. The normalized spacial score (nSPS) is 10.5. The van der Waals surface area contributed by atoms with Gasteiger partial charge in [-0.15, -0.1) is 0 Å². The van der Waals surface area contributed by atoms with Crippen molar-refractivity contribution in [2.24, 2.45) is 0 Å². The Morgan fingerprint density at radius 3 is 2.41 bits per heavy atom. The van der Waals surface area contributed by atoms with Crippen LogP contribution in [0.5, 0.6) is 0 Å². The molecule has 4 nitrogen and oxygen atoms in total. The Morgan fingerprint density at radius 1 is 1.12 bits per heavy atom. The molecule has 4 heteroatoms. The van der Waals surface area contributed by atoms with E-state index < -0.39 is 0 Å². The number of amides is 1. The molecule has 0 aromatic rings. The molecule has 102 valence electrons. The van der Waals surface area contributed by atoms with Gasteiger partial charge < -0.3 is 14.4 Å². The second-order valence-electron chi connectivity index (χ2n) is 4.35. The van der Waals surface area contributed by atoms with Crippen LogP contribution >= 0.6 is 0 Å². The first-order valence-electron chi connectivity index (χ1n) is 6.53. The number of nitrogens with zero attached hydrogens (tertiary/aromatic N) is 1. The summed E-state index contributed by atoms with van der Waals surface area (Å²) in [7, 11) is 3.33. The number of carbonyl (C=O) groups is 1. The molecule has 0 spiro atoms. The number of hydrogen-bond acceptors (Lipinski definition) is 3. The number of methoxy groups -OCH3 is 1. The van der Waals surface area contributed by atoms with Gasteiger partial charge in [0, 0.05) is 20.6 Å². The van der Waals surface area contributed by atoms with Crippen molar-refractivity contribution in [3.05, 3.63) is 0 Å². The van der Waals surface area contributed by atoms with Crippen molar-refractivity contribution < 1.29 is 14.3 Å². The second-order valence-corrected chi connectivity index (χ2v) is 4.35. The molecule has 1 amide bonds. The minimum absolute atomic E-state index is 0.150. The van der Waals surface area contributed by atoms with Crippen LogP contribution in [0.25, 0.3) is 0 Å². The average Bonchev–Trinajstić information content (AvgIpc) is 2.33. The molecule has 0 heterocycles. The van der Waals surface area contributed by atoms with E-state index in [0.717, 1.165) is 12.8 Å². The molecule has 0 saturated carbocycles. The van der Waals surface area contributed by atoms with Crippen LogP contribution in [0.4, 0.5) is 0 Å². The van der Waals surface area contributed by atoms with Gasteiger partial charge in [0.05, 0.1) is 0 Å². The van der Waals surface area contributed by atoms with Crippen LogP contribution in [0.1, 0.15) is 51.9 Å². The fraction of sp³-hybridized carbons (Fsp3) is 0.923. The molecule has 0 aromatic carbocycles. The first-order chi connectivity index (χ1) is 8.22. The van der Waals surface area contributed by atoms with Crippen LogP contribution in [0, 0.1) is 0 Å². The fourth-order valence-electron chi connectivity index (χ4n) is 1.58. The van der Waals surface area contributed by atoms with Gasteiger partial charge in [-0.1, -0.05) is 39.0 Å². The lowest BCUT2D eigenvalue weighted by Crippen LogP contribution is -2.29. The van der Waals surface area contributed by atoms with Crippen molar-refractivity contribution in [1.29, 1.82) is 0 Å². The van der Waals surface area contributed by atoms with Gasteiger partial charge >= 0.3 is 0 Å². The zero-order chi connectivity index (χ0) is 12.9. The molecule has 0 fully saturated rings. The Bertz CT molecular complexity index is 186. The van der Waals surface area contributed by atoms with Crippen molar-refractivity contribution >= 4 is 5.91 Å².